The van der Waals surface area contributed by atoms with Gasteiger partial charge in [-0.1, -0.05) is 11.6 Å². The van der Waals surface area contributed by atoms with Crippen molar-refractivity contribution in [3.63, 3.8) is 0 Å². The molecule has 3 nitrogen and oxygen atoms in total. The van der Waals surface area contributed by atoms with Gasteiger partial charge in [0.2, 0.25) is 0 Å². The first-order valence-electron chi connectivity index (χ1n) is 5.58. The molecular formula is C13H15ClO3. The summed E-state index contributed by atoms with van der Waals surface area (Å²) in [6.07, 6.45) is 0.798. The number of rotatable bonds is 2. The van der Waals surface area contributed by atoms with Crippen LogP contribution in [-0.4, -0.2) is 16.7 Å². The first kappa shape index (κ1) is 12.2. The van der Waals surface area contributed by atoms with Crippen molar-refractivity contribution in [2.75, 3.05) is 0 Å². The Morgan fingerprint density at radius 1 is 1.59 bits per heavy atom. The Bertz CT molecular complexity index is 454. The molecule has 1 N–H and O–H groups in total. The molecule has 0 saturated carbocycles. The minimum absolute atomic E-state index is 0.0371. The fraction of sp³-hybridized carbons (Fsp3) is 0.462. The van der Waals surface area contributed by atoms with Crippen LogP contribution in [0.5, 0.6) is 5.75 Å². The van der Waals surface area contributed by atoms with Crippen LogP contribution in [0.15, 0.2) is 18.2 Å². The van der Waals surface area contributed by atoms with Crippen LogP contribution in [0.4, 0.5) is 0 Å². The van der Waals surface area contributed by atoms with Gasteiger partial charge in [0.1, 0.15) is 11.4 Å². The molecule has 2 rings (SSSR count). The fourth-order valence-corrected chi connectivity index (χ4v) is 2.55. The standard InChI is InChI=1S/C13H15ClO3/c1-13(2)7-8(5-12(15)16)10-6-9(14)3-4-11(10)17-13/h3-4,6,8H,5,7H2,1-2H3,(H,15,16). The summed E-state index contributed by atoms with van der Waals surface area (Å²) in [6.45, 7) is 3.94. The summed E-state index contributed by atoms with van der Waals surface area (Å²) in [7, 11) is 0. The number of ether oxygens (including phenoxy) is 1. The molecule has 17 heavy (non-hydrogen) atoms. The molecule has 0 spiro atoms. The van der Waals surface area contributed by atoms with Crippen LogP contribution in [0.1, 0.15) is 38.2 Å². The maximum absolute atomic E-state index is 10.9. The first-order chi connectivity index (χ1) is 7.87. The average molecular weight is 255 g/mol. The van der Waals surface area contributed by atoms with Gasteiger partial charge in [0, 0.05) is 10.9 Å². The molecule has 1 aromatic carbocycles. The largest absolute Gasteiger partial charge is 0.488 e. The summed E-state index contributed by atoms with van der Waals surface area (Å²) in [5.74, 6) is -0.0829. The second-order valence-electron chi connectivity index (χ2n) is 5.04. The molecule has 0 aliphatic carbocycles. The van der Waals surface area contributed by atoms with Gasteiger partial charge in [-0.05, 0) is 44.0 Å². The van der Waals surface area contributed by atoms with E-state index in [-0.39, 0.29) is 17.9 Å². The van der Waals surface area contributed by atoms with Gasteiger partial charge in [0.05, 0.1) is 6.42 Å². The van der Waals surface area contributed by atoms with Crippen molar-refractivity contribution in [2.45, 2.75) is 38.2 Å². The van der Waals surface area contributed by atoms with Gasteiger partial charge in [-0.25, -0.2) is 0 Å². The summed E-state index contributed by atoms with van der Waals surface area (Å²) in [5.41, 5.74) is 0.570. The highest BCUT2D eigenvalue weighted by molar-refractivity contribution is 6.30. The summed E-state index contributed by atoms with van der Waals surface area (Å²) in [6, 6.07) is 5.38. The van der Waals surface area contributed by atoms with E-state index >= 15 is 0 Å². The molecular weight excluding hydrogens is 240 g/mol. The van der Waals surface area contributed by atoms with Crippen molar-refractivity contribution >= 4 is 17.6 Å². The third-order valence-electron chi connectivity index (χ3n) is 2.96. The van der Waals surface area contributed by atoms with Gasteiger partial charge >= 0.3 is 5.97 Å². The van der Waals surface area contributed by atoms with E-state index < -0.39 is 5.97 Å². The predicted molar refractivity (Wildman–Crippen MR) is 65.8 cm³/mol. The number of benzene rings is 1. The van der Waals surface area contributed by atoms with Crippen molar-refractivity contribution in [1.82, 2.24) is 0 Å². The highest BCUT2D eigenvalue weighted by Gasteiger charge is 2.34. The summed E-state index contributed by atoms with van der Waals surface area (Å²) in [5, 5.41) is 9.57. The number of aliphatic carboxylic acids is 1. The van der Waals surface area contributed by atoms with Crippen molar-refractivity contribution in [1.29, 1.82) is 0 Å². The molecule has 1 unspecified atom stereocenters. The molecule has 1 aliphatic heterocycles. The van der Waals surface area contributed by atoms with Crippen LogP contribution in [0.25, 0.3) is 0 Å². The van der Waals surface area contributed by atoms with Crippen LogP contribution < -0.4 is 4.74 Å². The van der Waals surface area contributed by atoms with Gasteiger partial charge in [0.25, 0.3) is 0 Å². The number of carboxylic acid groups (broad SMARTS) is 1. The predicted octanol–water partition coefficient (Wildman–Crippen LogP) is 3.46. The third kappa shape index (κ3) is 2.72. The van der Waals surface area contributed by atoms with Crippen LogP contribution in [0, 0.1) is 0 Å². The van der Waals surface area contributed by atoms with Crippen LogP contribution in [0.3, 0.4) is 0 Å². The minimum Gasteiger partial charge on any atom is -0.488 e. The zero-order chi connectivity index (χ0) is 12.6. The van der Waals surface area contributed by atoms with Crippen molar-refractivity contribution in [2.24, 2.45) is 0 Å². The van der Waals surface area contributed by atoms with E-state index in [1.54, 1.807) is 12.1 Å². The minimum atomic E-state index is -0.793. The van der Waals surface area contributed by atoms with Gasteiger partial charge in [-0.15, -0.1) is 0 Å². The van der Waals surface area contributed by atoms with E-state index in [9.17, 15) is 4.79 Å². The van der Waals surface area contributed by atoms with Gasteiger partial charge in [0.15, 0.2) is 0 Å². The number of hydrogen-bond donors (Lipinski definition) is 1. The molecule has 0 saturated heterocycles. The Labute approximate surface area is 105 Å². The Hall–Kier alpha value is -1.22. The molecule has 1 atom stereocenters. The second kappa shape index (κ2) is 4.22. The van der Waals surface area contributed by atoms with Crippen LogP contribution >= 0.6 is 11.6 Å². The highest BCUT2D eigenvalue weighted by atomic mass is 35.5. The number of carboxylic acids is 1. The molecule has 0 aromatic heterocycles. The highest BCUT2D eigenvalue weighted by Crippen LogP contribution is 2.43. The third-order valence-corrected chi connectivity index (χ3v) is 3.19. The lowest BCUT2D eigenvalue weighted by atomic mass is 9.82. The smallest absolute Gasteiger partial charge is 0.303 e. The van der Waals surface area contributed by atoms with Crippen LogP contribution in [0.2, 0.25) is 5.02 Å². The molecule has 0 radical (unpaired) electrons. The van der Waals surface area contributed by atoms with Crippen molar-refractivity contribution in [3.8, 4) is 5.75 Å². The molecule has 1 heterocycles. The Morgan fingerprint density at radius 3 is 2.94 bits per heavy atom. The van der Waals surface area contributed by atoms with E-state index in [2.05, 4.69) is 0 Å². The number of hydrogen-bond acceptors (Lipinski definition) is 2. The van der Waals surface area contributed by atoms with E-state index in [0.29, 0.717) is 11.4 Å². The van der Waals surface area contributed by atoms with E-state index in [1.165, 1.54) is 0 Å². The van der Waals surface area contributed by atoms with E-state index in [1.807, 2.05) is 19.9 Å². The maximum Gasteiger partial charge on any atom is 0.303 e. The topological polar surface area (TPSA) is 46.5 Å². The molecule has 0 amide bonds. The average Bonchev–Trinajstić information content (AvgIpc) is 2.17. The quantitative estimate of drug-likeness (QED) is 0.879. The lowest BCUT2D eigenvalue weighted by Gasteiger charge is -2.37. The lowest BCUT2D eigenvalue weighted by Crippen LogP contribution is -2.35. The molecule has 0 bridgehead atoms. The fourth-order valence-electron chi connectivity index (χ4n) is 2.37. The van der Waals surface area contributed by atoms with E-state index in [0.717, 1.165) is 11.3 Å². The molecule has 92 valence electrons. The normalized spacial score (nSPS) is 21.5. The van der Waals surface area contributed by atoms with Gasteiger partial charge in [-0.3, -0.25) is 4.79 Å². The zero-order valence-corrected chi connectivity index (χ0v) is 10.6. The van der Waals surface area contributed by atoms with Crippen LogP contribution in [-0.2, 0) is 4.79 Å². The summed E-state index contributed by atoms with van der Waals surface area (Å²) < 4.78 is 5.83. The zero-order valence-electron chi connectivity index (χ0n) is 9.87. The maximum atomic E-state index is 10.9. The monoisotopic (exact) mass is 254 g/mol. The molecule has 0 fully saturated rings. The second-order valence-corrected chi connectivity index (χ2v) is 5.48. The number of fused-ring (bicyclic) bond motifs is 1. The Balaban J connectivity index is 2.40. The van der Waals surface area contributed by atoms with Crippen molar-refractivity contribution in [3.05, 3.63) is 28.8 Å². The lowest BCUT2D eigenvalue weighted by molar-refractivity contribution is -0.137. The number of carbonyl (C=O) groups is 1. The number of halogens is 1. The molecule has 1 aliphatic rings. The SMILES string of the molecule is CC1(C)CC(CC(=O)O)c2cc(Cl)ccc2O1. The molecule has 4 heteroatoms. The van der Waals surface area contributed by atoms with E-state index in [4.69, 9.17) is 21.4 Å². The summed E-state index contributed by atoms with van der Waals surface area (Å²) >= 11 is 5.95. The van der Waals surface area contributed by atoms with Gasteiger partial charge < -0.3 is 9.84 Å². The van der Waals surface area contributed by atoms with Gasteiger partial charge in [-0.2, -0.15) is 0 Å². The molecule has 1 aromatic rings. The first-order valence-corrected chi connectivity index (χ1v) is 5.95. The Morgan fingerprint density at radius 2 is 2.29 bits per heavy atom. The van der Waals surface area contributed by atoms with Crippen molar-refractivity contribution < 1.29 is 14.6 Å². The summed E-state index contributed by atoms with van der Waals surface area (Å²) in [4.78, 5) is 10.9. The Kier molecular flexibility index (Phi) is 3.04.